The summed E-state index contributed by atoms with van der Waals surface area (Å²) in [5.74, 6) is 0.544. The van der Waals surface area contributed by atoms with Crippen molar-refractivity contribution in [1.82, 2.24) is 10.2 Å². The van der Waals surface area contributed by atoms with Crippen molar-refractivity contribution in [2.45, 2.75) is 0 Å². The second-order valence-corrected chi connectivity index (χ2v) is 3.69. The molecule has 3 heteroatoms. The molecule has 82 valence electrons. The molecule has 1 aromatic heterocycles. The highest BCUT2D eigenvalue weighted by atomic mass is 16.4. The Kier molecular flexibility index (Phi) is 2.43. The number of benzene rings is 2. The maximum Gasteiger partial charge on any atom is 0.247 e. The lowest BCUT2D eigenvalue weighted by Gasteiger charge is -2.02. The molecule has 0 spiro atoms. The highest BCUT2D eigenvalue weighted by molar-refractivity contribution is 5.69. The Morgan fingerprint density at radius 2 is 1.53 bits per heavy atom. The van der Waals surface area contributed by atoms with E-state index in [4.69, 9.17) is 4.42 Å². The molecule has 0 saturated carbocycles. The molecule has 0 aliphatic rings. The fourth-order valence-corrected chi connectivity index (χ4v) is 1.76. The Labute approximate surface area is 98.7 Å². The largest absolute Gasteiger partial charge is 0.423 e. The topological polar surface area (TPSA) is 38.9 Å². The summed E-state index contributed by atoms with van der Waals surface area (Å²) in [5, 5.41) is 7.59. The molecule has 0 radical (unpaired) electrons. The molecule has 3 nitrogen and oxygen atoms in total. The quantitative estimate of drug-likeness (QED) is 0.667. The van der Waals surface area contributed by atoms with E-state index in [0.29, 0.717) is 5.89 Å². The van der Waals surface area contributed by atoms with Crippen LogP contribution in [-0.4, -0.2) is 10.2 Å². The fraction of sp³-hybridized carbons (Fsp3) is 0. The monoisotopic (exact) mass is 222 g/mol. The van der Waals surface area contributed by atoms with Crippen molar-refractivity contribution in [1.29, 1.82) is 0 Å². The lowest BCUT2D eigenvalue weighted by Crippen LogP contribution is -1.81. The molecule has 0 saturated heterocycles. The van der Waals surface area contributed by atoms with E-state index in [1.54, 1.807) is 0 Å². The molecule has 0 fully saturated rings. The van der Waals surface area contributed by atoms with Crippen LogP contribution in [0.1, 0.15) is 0 Å². The summed E-state index contributed by atoms with van der Waals surface area (Å²) in [5.41, 5.74) is 3.25. The predicted molar refractivity (Wildman–Crippen MR) is 65.2 cm³/mol. The molecule has 3 aromatic rings. The molecule has 17 heavy (non-hydrogen) atoms. The lowest BCUT2D eigenvalue weighted by atomic mass is 10.0. The van der Waals surface area contributed by atoms with E-state index in [1.165, 1.54) is 12.0 Å². The van der Waals surface area contributed by atoms with Crippen molar-refractivity contribution in [2.75, 3.05) is 0 Å². The van der Waals surface area contributed by atoms with Crippen molar-refractivity contribution in [3.63, 3.8) is 0 Å². The molecule has 1 heterocycles. The molecule has 0 N–H and O–H groups in total. The molecular formula is C14H10N2O. The minimum absolute atomic E-state index is 0.544. The Morgan fingerprint density at radius 1 is 0.765 bits per heavy atom. The zero-order valence-electron chi connectivity index (χ0n) is 9.08. The van der Waals surface area contributed by atoms with Gasteiger partial charge in [-0.3, -0.25) is 0 Å². The first-order valence-electron chi connectivity index (χ1n) is 5.35. The molecule has 0 atom stereocenters. The van der Waals surface area contributed by atoms with Gasteiger partial charge in [0.05, 0.1) is 0 Å². The van der Waals surface area contributed by atoms with E-state index >= 15 is 0 Å². The first kappa shape index (κ1) is 9.78. The molecule has 0 aliphatic heterocycles. The summed E-state index contributed by atoms with van der Waals surface area (Å²) in [6.07, 6.45) is 1.34. The Morgan fingerprint density at radius 3 is 2.29 bits per heavy atom. The van der Waals surface area contributed by atoms with Crippen LogP contribution in [0.3, 0.4) is 0 Å². The second-order valence-electron chi connectivity index (χ2n) is 3.69. The number of aromatic nitrogens is 2. The Bertz CT molecular complexity index is 603. The minimum atomic E-state index is 0.544. The van der Waals surface area contributed by atoms with Crippen molar-refractivity contribution < 1.29 is 4.42 Å². The molecular weight excluding hydrogens is 212 g/mol. The van der Waals surface area contributed by atoms with E-state index in [1.807, 2.05) is 36.4 Å². The van der Waals surface area contributed by atoms with Crippen LogP contribution in [0.25, 0.3) is 22.6 Å². The average molecular weight is 222 g/mol. The minimum Gasteiger partial charge on any atom is -0.423 e. The Hall–Kier alpha value is -2.42. The van der Waals surface area contributed by atoms with E-state index in [0.717, 1.165) is 11.1 Å². The van der Waals surface area contributed by atoms with Gasteiger partial charge in [-0.1, -0.05) is 42.5 Å². The van der Waals surface area contributed by atoms with Gasteiger partial charge in [0.1, 0.15) is 0 Å². The van der Waals surface area contributed by atoms with Crippen LogP contribution in [0.2, 0.25) is 0 Å². The van der Waals surface area contributed by atoms with E-state index < -0.39 is 0 Å². The third-order valence-electron chi connectivity index (χ3n) is 2.58. The highest BCUT2D eigenvalue weighted by Crippen LogP contribution is 2.24. The zero-order chi connectivity index (χ0) is 11.5. The van der Waals surface area contributed by atoms with Crippen molar-refractivity contribution in [2.24, 2.45) is 0 Å². The molecule has 0 bridgehead atoms. The summed E-state index contributed by atoms with van der Waals surface area (Å²) in [6.45, 7) is 0. The number of nitrogens with zero attached hydrogens (tertiary/aromatic N) is 2. The summed E-state index contributed by atoms with van der Waals surface area (Å²) in [4.78, 5) is 0. The van der Waals surface area contributed by atoms with E-state index in [2.05, 4.69) is 28.4 Å². The van der Waals surface area contributed by atoms with E-state index in [-0.39, 0.29) is 0 Å². The SMILES string of the molecule is c1ccc(-c2cccc(-c3nnco3)c2)cc1. The van der Waals surface area contributed by atoms with Crippen molar-refractivity contribution in [3.05, 3.63) is 61.0 Å². The van der Waals surface area contributed by atoms with Crippen molar-refractivity contribution >= 4 is 0 Å². The maximum absolute atomic E-state index is 5.19. The van der Waals surface area contributed by atoms with Crippen molar-refractivity contribution in [3.8, 4) is 22.6 Å². The normalized spacial score (nSPS) is 10.4. The van der Waals surface area contributed by atoms with Gasteiger partial charge < -0.3 is 4.42 Å². The second kappa shape index (κ2) is 4.22. The molecule has 0 aliphatic carbocycles. The van der Waals surface area contributed by atoms with Crippen LogP contribution in [0.4, 0.5) is 0 Å². The van der Waals surface area contributed by atoms with E-state index in [9.17, 15) is 0 Å². The lowest BCUT2D eigenvalue weighted by molar-refractivity contribution is 0.568. The fourth-order valence-electron chi connectivity index (χ4n) is 1.76. The summed E-state index contributed by atoms with van der Waals surface area (Å²) in [7, 11) is 0. The van der Waals surface area contributed by atoms with Gasteiger partial charge in [0.15, 0.2) is 0 Å². The number of hydrogen-bond donors (Lipinski definition) is 0. The van der Waals surface area contributed by atoms with Gasteiger partial charge in [0.25, 0.3) is 0 Å². The summed E-state index contributed by atoms with van der Waals surface area (Å²) >= 11 is 0. The highest BCUT2D eigenvalue weighted by Gasteiger charge is 2.04. The van der Waals surface area contributed by atoms with Crippen LogP contribution in [0, 0.1) is 0 Å². The van der Waals surface area contributed by atoms with Gasteiger partial charge in [0, 0.05) is 5.56 Å². The standard InChI is InChI=1S/C14H10N2O/c1-2-5-11(6-3-1)12-7-4-8-13(9-12)14-16-15-10-17-14/h1-10H. The molecule has 2 aromatic carbocycles. The predicted octanol–water partition coefficient (Wildman–Crippen LogP) is 3.40. The third-order valence-corrected chi connectivity index (χ3v) is 2.58. The van der Waals surface area contributed by atoms with Gasteiger partial charge in [-0.05, 0) is 23.3 Å². The van der Waals surface area contributed by atoms with Gasteiger partial charge in [-0.2, -0.15) is 0 Å². The van der Waals surface area contributed by atoms with Crippen LogP contribution in [-0.2, 0) is 0 Å². The summed E-state index contributed by atoms with van der Waals surface area (Å²) in [6, 6.07) is 18.3. The zero-order valence-corrected chi connectivity index (χ0v) is 9.08. The Balaban J connectivity index is 2.06. The van der Waals surface area contributed by atoms with Crippen LogP contribution in [0.15, 0.2) is 65.4 Å². The maximum atomic E-state index is 5.19. The van der Waals surface area contributed by atoms with Gasteiger partial charge in [0.2, 0.25) is 12.3 Å². The number of hydrogen-bond acceptors (Lipinski definition) is 3. The smallest absolute Gasteiger partial charge is 0.247 e. The first-order chi connectivity index (χ1) is 8.43. The molecule has 3 rings (SSSR count). The molecule has 0 unspecified atom stereocenters. The van der Waals surface area contributed by atoms with Crippen LogP contribution in [0.5, 0.6) is 0 Å². The average Bonchev–Trinajstić information content (AvgIpc) is 2.94. The first-order valence-corrected chi connectivity index (χ1v) is 5.35. The number of rotatable bonds is 2. The van der Waals surface area contributed by atoms with Gasteiger partial charge in [-0.25, -0.2) is 0 Å². The van der Waals surface area contributed by atoms with Gasteiger partial charge >= 0.3 is 0 Å². The van der Waals surface area contributed by atoms with Gasteiger partial charge in [-0.15, -0.1) is 10.2 Å². The van der Waals surface area contributed by atoms with Crippen LogP contribution < -0.4 is 0 Å². The third kappa shape index (κ3) is 1.95. The summed E-state index contributed by atoms with van der Waals surface area (Å²) < 4.78 is 5.19. The molecule has 0 amide bonds. The van der Waals surface area contributed by atoms with Crippen LogP contribution >= 0.6 is 0 Å².